The highest BCUT2D eigenvalue weighted by Crippen LogP contribution is 2.32. The Labute approximate surface area is 200 Å². The smallest absolute Gasteiger partial charge is 0.322 e. The molecular formula is C27H32N4O3. The Kier molecular flexibility index (Phi) is 7.33. The minimum atomic E-state index is -0.316. The number of nitrogens with one attached hydrogen (secondary N) is 1. The van der Waals surface area contributed by atoms with E-state index < -0.39 is 0 Å². The highest BCUT2D eigenvalue weighted by molar-refractivity contribution is 5.92. The summed E-state index contributed by atoms with van der Waals surface area (Å²) >= 11 is 0. The van der Waals surface area contributed by atoms with Crippen LogP contribution in [0.25, 0.3) is 0 Å². The summed E-state index contributed by atoms with van der Waals surface area (Å²) in [4.78, 5) is 30.1. The summed E-state index contributed by atoms with van der Waals surface area (Å²) in [6.07, 6.45) is 2.05. The second kappa shape index (κ2) is 10.6. The topological polar surface area (TPSA) is 66.8 Å². The molecule has 178 valence electrons. The average molecular weight is 461 g/mol. The van der Waals surface area contributed by atoms with Crippen LogP contribution in [-0.4, -0.2) is 59.7 Å². The minimum absolute atomic E-state index is 0.0237. The number of carbonyl (C=O) groups excluding carboxylic acids is 2. The summed E-state index contributed by atoms with van der Waals surface area (Å²) < 4.78 is 7.40. The highest BCUT2D eigenvalue weighted by Gasteiger charge is 2.33. The molecule has 3 amide bonds. The van der Waals surface area contributed by atoms with Crippen LogP contribution in [0.5, 0.6) is 0 Å². The Balaban J connectivity index is 1.55. The van der Waals surface area contributed by atoms with E-state index in [0.717, 1.165) is 23.4 Å². The number of carbonyl (C=O) groups is 2. The molecule has 1 atom stereocenters. The van der Waals surface area contributed by atoms with E-state index in [1.807, 2.05) is 42.2 Å². The van der Waals surface area contributed by atoms with Gasteiger partial charge in [-0.25, -0.2) is 4.79 Å². The molecule has 2 aromatic carbocycles. The van der Waals surface area contributed by atoms with Gasteiger partial charge in [-0.2, -0.15) is 0 Å². The van der Waals surface area contributed by atoms with E-state index >= 15 is 0 Å². The first-order chi connectivity index (χ1) is 16.5. The molecule has 1 aliphatic rings. The average Bonchev–Trinajstić information content (AvgIpc) is 3.30. The summed E-state index contributed by atoms with van der Waals surface area (Å²) in [6.45, 7) is 5.97. The van der Waals surface area contributed by atoms with Gasteiger partial charge >= 0.3 is 6.03 Å². The van der Waals surface area contributed by atoms with Crippen molar-refractivity contribution < 1.29 is 14.3 Å². The number of hydrogen-bond donors (Lipinski definition) is 1. The molecule has 1 N–H and O–H groups in total. The number of methoxy groups -OCH3 is 1. The van der Waals surface area contributed by atoms with Gasteiger partial charge in [0.05, 0.1) is 12.6 Å². The maximum atomic E-state index is 13.6. The van der Waals surface area contributed by atoms with Gasteiger partial charge in [-0.15, -0.1) is 0 Å². The zero-order valence-corrected chi connectivity index (χ0v) is 20.0. The van der Waals surface area contributed by atoms with Crippen molar-refractivity contribution in [1.29, 1.82) is 0 Å². The normalized spacial score (nSPS) is 15.0. The van der Waals surface area contributed by atoms with Crippen molar-refractivity contribution in [3.63, 3.8) is 0 Å². The van der Waals surface area contributed by atoms with Gasteiger partial charge in [-0.05, 0) is 49.2 Å². The molecule has 0 fully saturated rings. The largest absolute Gasteiger partial charge is 0.383 e. The molecule has 0 aliphatic carbocycles. The van der Waals surface area contributed by atoms with E-state index in [1.54, 1.807) is 7.11 Å². The Morgan fingerprint density at radius 2 is 1.82 bits per heavy atom. The molecule has 7 heteroatoms. The van der Waals surface area contributed by atoms with E-state index in [9.17, 15) is 9.59 Å². The molecule has 2 heterocycles. The molecule has 1 unspecified atom stereocenters. The minimum Gasteiger partial charge on any atom is -0.383 e. The van der Waals surface area contributed by atoms with Gasteiger partial charge in [0.25, 0.3) is 0 Å². The number of aromatic nitrogens is 1. The third kappa shape index (κ3) is 5.31. The molecule has 4 rings (SSSR count). The van der Waals surface area contributed by atoms with Crippen LogP contribution in [0.2, 0.25) is 0 Å². The summed E-state index contributed by atoms with van der Waals surface area (Å²) in [5.41, 5.74) is 5.07. The Morgan fingerprint density at radius 3 is 2.56 bits per heavy atom. The lowest BCUT2D eigenvalue weighted by Gasteiger charge is -2.38. The van der Waals surface area contributed by atoms with E-state index in [1.165, 1.54) is 10.5 Å². The van der Waals surface area contributed by atoms with E-state index in [0.29, 0.717) is 25.4 Å². The van der Waals surface area contributed by atoms with Crippen LogP contribution in [0.3, 0.4) is 0 Å². The molecule has 0 spiro atoms. The van der Waals surface area contributed by atoms with Crippen LogP contribution in [0, 0.1) is 13.8 Å². The number of benzene rings is 2. The summed E-state index contributed by atoms with van der Waals surface area (Å²) in [7, 11) is 1.59. The van der Waals surface area contributed by atoms with Gasteiger partial charge in [0.1, 0.15) is 6.54 Å². The second-order valence-corrected chi connectivity index (χ2v) is 8.74. The first kappa shape index (κ1) is 23.6. The number of urea groups is 1. The van der Waals surface area contributed by atoms with Crippen molar-refractivity contribution >= 4 is 17.6 Å². The lowest BCUT2D eigenvalue weighted by molar-refractivity contribution is -0.134. The number of aryl methyl sites for hydroxylation is 2. The number of anilines is 1. The molecule has 0 radical (unpaired) electrons. The van der Waals surface area contributed by atoms with E-state index in [2.05, 4.69) is 53.3 Å². The lowest BCUT2D eigenvalue weighted by atomic mass is 9.98. The molecule has 3 aromatic rings. The zero-order chi connectivity index (χ0) is 24.1. The predicted octanol–water partition coefficient (Wildman–Crippen LogP) is 4.22. The number of hydrogen-bond acceptors (Lipinski definition) is 3. The van der Waals surface area contributed by atoms with E-state index in [4.69, 9.17) is 4.74 Å². The fourth-order valence-corrected chi connectivity index (χ4v) is 4.38. The molecule has 0 saturated heterocycles. The van der Waals surface area contributed by atoms with Crippen LogP contribution in [-0.2, 0) is 16.1 Å². The molecule has 0 saturated carbocycles. The maximum Gasteiger partial charge on any atom is 0.322 e. The standard InChI is InChI=1S/C27H32N4O3/c1-20-9-11-22(12-10-20)26-24-8-5-13-29(24)14-15-31(26)25(32)19-30(16-17-34-3)27(33)28-23-7-4-6-21(2)18-23/h4-13,18,26H,14-17,19H2,1-3H3,(H,28,33). The molecular weight excluding hydrogens is 428 g/mol. The number of ether oxygens (including phenoxy) is 1. The fourth-order valence-electron chi connectivity index (χ4n) is 4.38. The van der Waals surface area contributed by atoms with Gasteiger partial charge in [-0.1, -0.05) is 42.0 Å². The Morgan fingerprint density at radius 1 is 1.03 bits per heavy atom. The zero-order valence-electron chi connectivity index (χ0n) is 20.0. The van der Waals surface area contributed by atoms with Gasteiger partial charge in [-0.3, -0.25) is 4.79 Å². The molecule has 0 bridgehead atoms. The van der Waals surface area contributed by atoms with Gasteiger partial charge in [0.2, 0.25) is 5.91 Å². The predicted molar refractivity (Wildman–Crippen MR) is 133 cm³/mol. The van der Waals surface area contributed by atoms with Crippen LogP contribution >= 0.6 is 0 Å². The fraction of sp³-hybridized carbons (Fsp3) is 0.333. The third-order valence-corrected chi connectivity index (χ3v) is 6.20. The summed E-state index contributed by atoms with van der Waals surface area (Å²) in [5, 5.41) is 2.92. The molecule has 34 heavy (non-hydrogen) atoms. The first-order valence-electron chi connectivity index (χ1n) is 11.6. The van der Waals surface area contributed by atoms with E-state index in [-0.39, 0.29) is 24.5 Å². The Hall–Kier alpha value is -3.58. The summed E-state index contributed by atoms with van der Waals surface area (Å²) in [5.74, 6) is -0.0893. The maximum absolute atomic E-state index is 13.6. The van der Waals surface area contributed by atoms with Gasteiger partial charge in [0.15, 0.2) is 0 Å². The number of rotatable bonds is 7. The van der Waals surface area contributed by atoms with Crippen molar-refractivity contribution in [2.75, 3.05) is 38.7 Å². The van der Waals surface area contributed by atoms with Gasteiger partial charge in [0, 0.05) is 44.3 Å². The van der Waals surface area contributed by atoms with Crippen molar-refractivity contribution in [2.24, 2.45) is 0 Å². The van der Waals surface area contributed by atoms with Crippen molar-refractivity contribution in [1.82, 2.24) is 14.4 Å². The highest BCUT2D eigenvalue weighted by atomic mass is 16.5. The lowest BCUT2D eigenvalue weighted by Crippen LogP contribution is -2.49. The Bertz CT molecular complexity index is 1140. The monoisotopic (exact) mass is 460 g/mol. The van der Waals surface area contributed by atoms with Crippen molar-refractivity contribution in [3.8, 4) is 0 Å². The molecule has 7 nitrogen and oxygen atoms in total. The summed E-state index contributed by atoms with van der Waals surface area (Å²) in [6, 6.07) is 19.5. The first-order valence-corrected chi connectivity index (χ1v) is 11.6. The quantitative estimate of drug-likeness (QED) is 0.574. The van der Waals surface area contributed by atoms with Crippen LogP contribution < -0.4 is 5.32 Å². The van der Waals surface area contributed by atoms with Gasteiger partial charge < -0.3 is 24.4 Å². The SMILES string of the molecule is COCCN(CC(=O)N1CCn2cccc2C1c1ccc(C)cc1)C(=O)Nc1cccc(C)c1. The second-order valence-electron chi connectivity index (χ2n) is 8.74. The number of amides is 3. The van der Waals surface area contributed by atoms with Crippen LogP contribution in [0.1, 0.15) is 28.4 Å². The van der Waals surface area contributed by atoms with Crippen LogP contribution in [0.4, 0.5) is 10.5 Å². The molecule has 1 aromatic heterocycles. The van der Waals surface area contributed by atoms with Crippen molar-refractivity contribution in [2.45, 2.75) is 26.4 Å². The third-order valence-electron chi connectivity index (χ3n) is 6.20. The molecule has 1 aliphatic heterocycles. The van der Waals surface area contributed by atoms with Crippen LogP contribution in [0.15, 0.2) is 66.9 Å². The number of nitrogens with zero attached hydrogens (tertiary/aromatic N) is 3. The van der Waals surface area contributed by atoms with Crippen molar-refractivity contribution in [3.05, 3.63) is 89.2 Å². The number of fused-ring (bicyclic) bond motifs is 1.